The summed E-state index contributed by atoms with van der Waals surface area (Å²) in [4.78, 5) is 108. The van der Waals surface area contributed by atoms with Crippen LogP contribution < -0.4 is 0 Å². The molecule has 0 aromatic heterocycles. The standard InChI is InChI=1S/C19H16O2.C18H14O2.C14H10F2O3.C14H10O2/c1-13-5-4-6-14(11-13)9-10-15-12-18(20)16-7-2-3-8-17(16)19(15)21;19-17-12-14(11-10-13-6-2-1-3-7-13)18(20)16-9-5-4-8-15(16)17;1-14(15,16)12(18)7-8-6-11(17)9-4-2-3-5-10(9)13(8)19;1-2-3-6-10-9-13(15)11-7-4-5-8-12(11)14(10)16/h2-8,11-12H,9-10H2,1H3;1-9,12H,10-11H2;2-6H,7H2,1H3;1,4-5,7-9H,3,6H2. The fourth-order valence-electron chi connectivity index (χ4n) is 8.78. The van der Waals surface area contributed by atoms with Gasteiger partial charge in [-0.05, 0) is 74.5 Å². The number of hydrogen-bond donors (Lipinski definition) is 0. The maximum Gasteiger partial charge on any atom is 0.302 e. The van der Waals surface area contributed by atoms with Crippen LogP contribution >= 0.6 is 0 Å². The highest BCUT2D eigenvalue weighted by molar-refractivity contribution is 6.27. The van der Waals surface area contributed by atoms with Crippen LogP contribution in [0.25, 0.3) is 0 Å². The van der Waals surface area contributed by atoms with Crippen molar-refractivity contribution >= 4 is 52.0 Å². The molecule has 6 aromatic carbocycles. The first-order chi connectivity index (χ1) is 36.4. The number of benzene rings is 6. The Kier molecular flexibility index (Phi) is 17.7. The summed E-state index contributed by atoms with van der Waals surface area (Å²) in [7, 11) is 0. The van der Waals surface area contributed by atoms with Crippen LogP contribution in [0.15, 0.2) is 198 Å². The van der Waals surface area contributed by atoms with Crippen LogP contribution in [0.5, 0.6) is 0 Å². The molecule has 0 unspecified atom stereocenters. The molecule has 4 aliphatic carbocycles. The van der Waals surface area contributed by atoms with Gasteiger partial charge in [0.15, 0.2) is 46.3 Å². The average Bonchev–Trinajstić information content (AvgIpc) is 3.42. The van der Waals surface area contributed by atoms with Gasteiger partial charge in [-0.25, -0.2) is 0 Å². The van der Waals surface area contributed by atoms with E-state index < -0.39 is 29.7 Å². The number of ketones is 9. The molecule has 0 radical (unpaired) electrons. The lowest BCUT2D eigenvalue weighted by molar-refractivity contribution is -0.139. The minimum Gasteiger partial charge on any atom is -0.293 e. The molecular formula is C65H50F2O9. The largest absolute Gasteiger partial charge is 0.302 e. The predicted molar refractivity (Wildman–Crippen MR) is 285 cm³/mol. The van der Waals surface area contributed by atoms with Gasteiger partial charge in [0.25, 0.3) is 0 Å². The molecule has 0 fully saturated rings. The summed E-state index contributed by atoms with van der Waals surface area (Å²) >= 11 is 0. The molecule has 6 aromatic rings. The smallest absolute Gasteiger partial charge is 0.293 e. The summed E-state index contributed by atoms with van der Waals surface area (Å²) < 4.78 is 25.6. The molecule has 0 heterocycles. The Morgan fingerprint density at radius 3 is 1.13 bits per heavy atom. The predicted octanol–water partition coefficient (Wildman–Crippen LogP) is 12.6. The van der Waals surface area contributed by atoms with Gasteiger partial charge >= 0.3 is 5.92 Å². The normalized spacial score (nSPS) is 14.2. The molecule has 0 spiro atoms. The van der Waals surface area contributed by atoms with Gasteiger partial charge in [0.05, 0.1) is 0 Å². The van der Waals surface area contributed by atoms with Crippen molar-refractivity contribution in [2.45, 2.75) is 64.7 Å². The third kappa shape index (κ3) is 13.3. The van der Waals surface area contributed by atoms with Gasteiger partial charge in [-0.1, -0.05) is 157 Å². The molecule has 11 heteroatoms. The van der Waals surface area contributed by atoms with Crippen LogP contribution in [0.4, 0.5) is 8.78 Å². The fraction of sp³-hybridized carbons (Fsp3) is 0.154. The van der Waals surface area contributed by atoms with Crippen LogP contribution in [-0.2, 0) is 17.6 Å². The van der Waals surface area contributed by atoms with E-state index >= 15 is 0 Å². The van der Waals surface area contributed by atoms with E-state index in [2.05, 4.69) is 18.1 Å². The van der Waals surface area contributed by atoms with E-state index in [9.17, 15) is 51.9 Å². The van der Waals surface area contributed by atoms with Crippen molar-refractivity contribution in [3.05, 3.63) is 259 Å². The second-order valence-corrected chi connectivity index (χ2v) is 18.3. The molecule has 0 bridgehead atoms. The first-order valence-corrected chi connectivity index (χ1v) is 24.4. The van der Waals surface area contributed by atoms with Gasteiger partial charge in [0, 0.05) is 86.6 Å². The van der Waals surface area contributed by atoms with E-state index in [0.717, 1.165) is 18.9 Å². The topological polar surface area (TPSA) is 154 Å². The second kappa shape index (κ2) is 24.6. The van der Waals surface area contributed by atoms with Crippen molar-refractivity contribution in [2.24, 2.45) is 0 Å². The molecule has 378 valence electrons. The van der Waals surface area contributed by atoms with Crippen LogP contribution in [0.1, 0.15) is 139 Å². The lowest BCUT2D eigenvalue weighted by atomic mass is 9.87. The van der Waals surface area contributed by atoms with Crippen molar-refractivity contribution in [3.63, 3.8) is 0 Å². The highest BCUT2D eigenvalue weighted by Crippen LogP contribution is 2.29. The molecule has 4 aliphatic rings. The first kappa shape index (κ1) is 54.5. The van der Waals surface area contributed by atoms with E-state index in [1.165, 1.54) is 47.1 Å². The lowest BCUT2D eigenvalue weighted by Gasteiger charge is -2.15. The number of hydrogen-bond acceptors (Lipinski definition) is 9. The molecule has 0 aliphatic heterocycles. The van der Waals surface area contributed by atoms with Crippen molar-refractivity contribution in [2.75, 3.05) is 0 Å². The van der Waals surface area contributed by atoms with E-state index in [0.29, 0.717) is 82.7 Å². The Morgan fingerprint density at radius 2 is 0.750 bits per heavy atom. The molecule has 9 nitrogen and oxygen atoms in total. The van der Waals surface area contributed by atoms with Crippen LogP contribution in [-0.4, -0.2) is 58.0 Å². The Hall–Kier alpha value is -9.27. The van der Waals surface area contributed by atoms with Gasteiger partial charge in [-0.3, -0.25) is 43.2 Å². The minimum absolute atomic E-state index is 0.0159. The number of halogens is 2. The zero-order valence-corrected chi connectivity index (χ0v) is 41.7. The number of rotatable bonds is 11. The van der Waals surface area contributed by atoms with Gasteiger partial charge in [-0.15, -0.1) is 12.3 Å². The molecule has 0 saturated carbocycles. The summed E-state index contributed by atoms with van der Waals surface area (Å²) in [5, 5.41) is 0. The SMILES string of the molecule is C#CCCC1=CC(=O)c2ccccc2C1=O.CC(F)(F)C(=O)CC1=CC(=O)c2ccccc2C1=O.Cc1cccc(CCC2=CC(=O)c3ccccc3C2=O)c1.O=C1C=C(CCc2ccccc2)C(=O)c2ccccc21. The van der Waals surface area contributed by atoms with Crippen LogP contribution in [0.3, 0.4) is 0 Å². The van der Waals surface area contributed by atoms with Gasteiger partial charge in [-0.2, -0.15) is 8.78 Å². The summed E-state index contributed by atoms with van der Waals surface area (Å²) in [5.74, 6) is -3.77. The number of carbonyl (C=O) groups is 9. The van der Waals surface area contributed by atoms with Crippen LogP contribution in [0, 0.1) is 19.3 Å². The average molecular weight is 1010 g/mol. The Morgan fingerprint density at radius 1 is 0.421 bits per heavy atom. The Bertz CT molecular complexity index is 3520. The maximum atomic E-state index is 12.8. The van der Waals surface area contributed by atoms with Gasteiger partial charge < -0.3 is 0 Å². The number of Topliss-reactive ketones (excluding diaryl/α,β-unsaturated/α-hetero) is 5. The number of aryl methyl sites for hydroxylation is 3. The number of carbonyl (C=O) groups excluding carboxylic acids is 9. The quantitative estimate of drug-likeness (QED) is 0.115. The minimum atomic E-state index is -3.51. The molecule has 0 atom stereocenters. The fourth-order valence-corrected chi connectivity index (χ4v) is 8.78. The summed E-state index contributed by atoms with van der Waals surface area (Å²) in [6.07, 6.45) is 13.5. The molecular weight excluding hydrogens is 963 g/mol. The summed E-state index contributed by atoms with van der Waals surface area (Å²) in [5.41, 5.74) is 8.56. The van der Waals surface area contributed by atoms with Crippen molar-refractivity contribution in [3.8, 4) is 12.3 Å². The molecule has 0 saturated heterocycles. The first-order valence-electron chi connectivity index (χ1n) is 24.4. The van der Waals surface area contributed by atoms with Gasteiger partial charge in [0.1, 0.15) is 0 Å². The summed E-state index contributed by atoms with van der Waals surface area (Å²) in [6, 6.07) is 45.2. The number of terminal acetylenes is 1. The molecule has 76 heavy (non-hydrogen) atoms. The maximum absolute atomic E-state index is 12.8. The van der Waals surface area contributed by atoms with Crippen molar-refractivity contribution < 1.29 is 51.9 Å². The van der Waals surface area contributed by atoms with Crippen molar-refractivity contribution in [1.82, 2.24) is 0 Å². The van der Waals surface area contributed by atoms with E-state index in [4.69, 9.17) is 6.42 Å². The number of allylic oxidation sites excluding steroid dienone is 8. The molecule has 0 amide bonds. The molecule has 10 rings (SSSR count). The third-order valence-corrected chi connectivity index (χ3v) is 12.8. The second-order valence-electron chi connectivity index (χ2n) is 18.3. The van der Waals surface area contributed by atoms with Crippen molar-refractivity contribution in [1.29, 1.82) is 0 Å². The lowest BCUT2D eigenvalue weighted by Crippen LogP contribution is -2.27. The highest BCUT2D eigenvalue weighted by Gasteiger charge is 2.35. The summed E-state index contributed by atoms with van der Waals surface area (Å²) in [6.45, 7) is 2.52. The Labute approximate surface area is 438 Å². The van der Waals surface area contributed by atoms with E-state index in [1.807, 2.05) is 49.4 Å². The zero-order chi connectivity index (χ0) is 54.5. The molecule has 0 N–H and O–H groups in total. The van der Waals surface area contributed by atoms with Crippen LogP contribution in [0.2, 0.25) is 0 Å². The highest BCUT2D eigenvalue weighted by atomic mass is 19.3. The Balaban J connectivity index is 0.000000148. The van der Waals surface area contributed by atoms with E-state index in [1.54, 1.807) is 84.9 Å². The monoisotopic (exact) mass is 1010 g/mol. The zero-order valence-electron chi connectivity index (χ0n) is 41.7. The van der Waals surface area contributed by atoms with E-state index in [-0.39, 0.29) is 51.4 Å². The van der Waals surface area contributed by atoms with Gasteiger partial charge in [0.2, 0.25) is 5.78 Å². The number of fused-ring (bicyclic) bond motifs is 4. The number of alkyl halides is 2. The third-order valence-electron chi connectivity index (χ3n) is 12.8.